The molecule has 19 heavy (non-hydrogen) atoms. The van der Waals surface area contributed by atoms with E-state index in [1.165, 1.54) is 4.68 Å². The van der Waals surface area contributed by atoms with Gasteiger partial charge in [-0.15, -0.1) is 0 Å². The summed E-state index contributed by atoms with van der Waals surface area (Å²) in [4.78, 5) is 12.1. The Morgan fingerprint density at radius 2 is 2.32 bits per heavy atom. The molecule has 0 atom stereocenters. The molecule has 0 aliphatic carbocycles. The minimum Gasteiger partial charge on any atom is -0.376 e. The normalized spacial score (nSPS) is 18.1. The number of hydrogen-bond donors (Lipinski definition) is 1. The van der Waals surface area contributed by atoms with E-state index in [1.807, 2.05) is 6.07 Å². The third-order valence-electron chi connectivity index (χ3n) is 3.08. The van der Waals surface area contributed by atoms with Crippen molar-refractivity contribution in [1.82, 2.24) is 15.1 Å². The molecule has 0 spiro atoms. The summed E-state index contributed by atoms with van der Waals surface area (Å²) in [6, 6.07) is 1.94. The lowest BCUT2D eigenvalue weighted by atomic mass is 10.1. The van der Waals surface area contributed by atoms with E-state index >= 15 is 0 Å². The standard InChI is InChI=1S/C13H16N4O2/c1-9-10(2)16-17(13(18)12(9)5-14)7-11-6-15-3-4-19-8-11/h7,15H,3-4,6,8H2,1-2H3/b11-7+. The molecule has 2 rings (SSSR count). The molecule has 0 saturated carbocycles. The minimum absolute atomic E-state index is 0.145. The highest BCUT2D eigenvalue weighted by atomic mass is 16.5. The van der Waals surface area contributed by atoms with Gasteiger partial charge < -0.3 is 10.1 Å². The average molecular weight is 260 g/mol. The smallest absolute Gasteiger partial charge is 0.289 e. The van der Waals surface area contributed by atoms with Crippen LogP contribution in [-0.4, -0.2) is 36.1 Å². The Kier molecular flexibility index (Phi) is 4.10. The van der Waals surface area contributed by atoms with Crippen molar-refractivity contribution in [3.63, 3.8) is 0 Å². The van der Waals surface area contributed by atoms with E-state index in [2.05, 4.69) is 10.4 Å². The maximum Gasteiger partial charge on any atom is 0.289 e. The Labute approximate surface area is 111 Å². The van der Waals surface area contributed by atoms with Gasteiger partial charge in [-0.2, -0.15) is 10.4 Å². The molecular weight excluding hydrogens is 244 g/mol. The fourth-order valence-corrected chi connectivity index (χ4v) is 1.86. The van der Waals surface area contributed by atoms with Gasteiger partial charge in [-0.1, -0.05) is 0 Å². The molecule has 0 amide bonds. The van der Waals surface area contributed by atoms with Gasteiger partial charge in [0.1, 0.15) is 11.6 Å². The topological polar surface area (TPSA) is 79.9 Å². The first kappa shape index (κ1) is 13.5. The summed E-state index contributed by atoms with van der Waals surface area (Å²) < 4.78 is 6.62. The van der Waals surface area contributed by atoms with Crippen LogP contribution < -0.4 is 10.9 Å². The Morgan fingerprint density at radius 1 is 1.53 bits per heavy atom. The van der Waals surface area contributed by atoms with E-state index < -0.39 is 0 Å². The van der Waals surface area contributed by atoms with Crippen molar-refractivity contribution in [2.24, 2.45) is 0 Å². The Balaban J connectivity index is 2.46. The second-order valence-electron chi connectivity index (χ2n) is 4.46. The minimum atomic E-state index is -0.387. The fraction of sp³-hybridized carbons (Fsp3) is 0.462. The molecule has 1 fully saturated rings. The van der Waals surface area contributed by atoms with Crippen molar-refractivity contribution in [3.8, 4) is 6.07 Å². The number of nitriles is 1. The summed E-state index contributed by atoms with van der Waals surface area (Å²) >= 11 is 0. The molecule has 2 heterocycles. The highest BCUT2D eigenvalue weighted by Gasteiger charge is 2.11. The molecule has 1 aliphatic heterocycles. The largest absolute Gasteiger partial charge is 0.376 e. The summed E-state index contributed by atoms with van der Waals surface area (Å²) in [6.45, 7) is 6.08. The van der Waals surface area contributed by atoms with Crippen LogP contribution in [0.2, 0.25) is 0 Å². The monoisotopic (exact) mass is 260 g/mol. The predicted octanol–water partition coefficient (Wildman–Crippen LogP) is 0.193. The summed E-state index contributed by atoms with van der Waals surface area (Å²) in [7, 11) is 0. The maximum atomic E-state index is 12.1. The maximum absolute atomic E-state index is 12.1. The van der Waals surface area contributed by atoms with Gasteiger partial charge >= 0.3 is 0 Å². The molecule has 6 nitrogen and oxygen atoms in total. The first-order valence-electron chi connectivity index (χ1n) is 6.11. The molecule has 1 N–H and O–H groups in total. The van der Waals surface area contributed by atoms with Crippen molar-refractivity contribution < 1.29 is 4.74 Å². The van der Waals surface area contributed by atoms with Gasteiger partial charge in [0.25, 0.3) is 5.56 Å². The van der Waals surface area contributed by atoms with Crippen molar-refractivity contribution in [1.29, 1.82) is 5.26 Å². The number of ether oxygens (including phenoxy) is 1. The third kappa shape index (κ3) is 2.89. The number of rotatable bonds is 1. The van der Waals surface area contributed by atoms with E-state index in [1.54, 1.807) is 20.0 Å². The van der Waals surface area contributed by atoms with Crippen LogP contribution in [-0.2, 0) is 4.74 Å². The zero-order valence-electron chi connectivity index (χ0n) is 11.1. The van der Waals surface area contributed by atoms with Crippen molar-refractivity contribution >= 4 is 6.20 Å². The number of aryl methyl sites for hydroxylation is 1. The average Bonchev–Trinajstić information content (AvgIpc) is 2.65. The summed E-state index contributed by atoms with van der Waals surface area (Å²) in [5.74, 6) is 0. The lowest BCUT2D eigenvalue weighted by Gasteiger charge is -2.07. The number of nitrogens with zero attached hydrogens (tertiary/aromatic N) is 3. The molecule has 100 valence electrons. The van der Waals surface area contributed by atoms with Gasteiger partial charge in [0.15, 0.2) is 0 Å². The van der Waals surface area contributed by atoms with Gasteiger partial charge in [0.05, 0.1) is 18.9 Å². The van der Waals surface area contributed by atoms with Gasteiger partial charge in [-0.25, -0.2) is 4.68 Å². The van der Waals surface area contributed by atoms with E-state index in [0.29, 0.717) is 31.0 Å². The molecule has 0 radical (unpaired) electrons. The van der Waals surface area contributed by atoms with E-state index in [9.17, 15) is 4.79 Å². The van der Waals surface area contributed by atoms with Gasteiger partial charge in [-0.05, 0) is 25.0 Å². The van der Waals surface area contributed by atoms with E-state index in [-0.39, 0.29) is 11.1 Å². The Hall–Kier alpha value is -1.97. The van der Waals surface area contributed by atoms with Gasteiger partial charge in [-0.3, -0.25) is 4.79 Å². The number of nitrogens with one attached hydrogen (secondary N) is 1. The van der Waals surface area contributed by atoms with Crippen LogP contribution in [0.1, 0.15) is 16.8 Å². The van der Waals surface area contributed by atoms with Gasteiger partial charge in [0.2, 0.25) is 0 Å². The molecular formula is C13H16N4O2. The lowest BCUT2D eigenvalue weighted by molar-refractivity contribution is 0.170. The third-order valence-corrected chi connectivity index (χ3v) is 3.08. The van der Waals surface area contributed by atoms with Crippen molar-refractivity contribution in [3.05, 3.63) is 32.7 Å². The van der Waals surface area contributed by atoms with Crippen LogP contribution in [0.15, 0.2) is 10.4 Å². The van der Waals surface area contributed by atoms with Crippen LogP contribution >= 0.6 is 0 Å². The second kappa shape index (κ2) is 5.78. The van der Waals surface area contributed by atoms with Crippen LogP contribution in [0, 0.1) is 25.2 Å². The number of hydrogen-bond acceptors (Lipinski definition) is 5. The highest BCUT2D eigenvalue weighted by Crippen LogP contribution is 2.06. The summed E-state index contributed by atoms with van der Waals surface area (Å²) in [5.41, 5.74) is 2.00. The molecule has 0 aromatic carbocycles. The van der Waals surface area contributed by atoms with Crippen LogP contribution in [0.5, 0.6) is 0 Å². The van der Waals surface area contributed by atoms with E-state index in [4.69, 9.17) is 10.00 Å². The van der Waals surface area contributed by atoms with Crippen LogP contribution in [0.3, 0.4) is 0 Å². The number of aromatic nitrogens is 2. The van der Waals surface area contributed by atoms with Crippen molar-refractivity contribution in [2.45, 2.75) is 13.8 Å². The molecule has 0 unspecified atom stereocenters. The Morgan fingerprint density at radius 3 is 3.05 bits per heavy atom. The molecule has 1 aromatic rings. The quantitative estimate of drug-likeness (QED) is 0.780. The molecule has 1 aliphatic rings. The van der Waals surface area contributed by atoms with Gasteiger partial charge in [0, 0.05) is 19.3 Å². The molecule has 0 bridgehead atoms. The highest BCUT2D eigenvalue weighted by molar-refractivity contribution is 5.40. The SMILES string of the molecule is Cc1nn(/C=C2\CNCCOC2)c(=O)c(C#N)c1C. The van der Waals surface area contributed by atoms with Crippen molar-refractivity contribution in [2.75, 3.05) is 26.3 Å². The first-order valence-corrected chi connectivity index (χ1v) is 6.11. The summed E-state index contributed by atoms with van der Waals surface area (Å²) in [6.07, 6.45) is 1.65. The lowest BCUT2D eigenvalue weighted by Crippen LogP contribution is -2.25. The van der Waals surface area contributed by atoms with E-state index in [0.717, 1.165) is 12.1 Å². The molecule has 1 saturated heterocycles. The Bertz CT molecular complexity index is 600. The fourth-order valence-electron chi connectivity index (χ4n) is 1.86. The molecule has 6 heteroatoms. The van der Waals surface area contributed by atoms with Crippen LogP contribution in [0.25, 0.3) is 6.20 Å². The predicted molar refractivity (Wildman–Crippen MR) is 70.6 cm³/mol. The second-order valence-corrected chi connectivity index (χ2v) is 4.46. The van der Waals surface area contributed by atoms with Crippen LogP contribution in [0.4, 0.5) is 0 Å². The zero-order chi connectivity index (χ0) is 13.8. The zero-order valence-corrected chi connectivity index (χ0v) is 11.1. The molecule has 1 aromatic heterocycles. The summed E-state index contributed by atoms with van der Waals surface area (Å²) in [5, 5.41) is 16.4. The first-order chi connectivity index (χ1) is 9.13.